The van der Waals surface area contributed by atoms with Crippen molar-refractivity contribution in [3.8, 4) is 0 Å². The molecule has 3 atom stereocenters. The van der Waals surface area contributed by atoms with Crippen molar-refractivity contribution in [1.29, 1.82) is 0 Å². The van der Waals surface area contributed by atoms with Crippen LogP contribution in [0.4, 0.5) is 0 Å². The Kier molecular flexibility index (Phi) is 3.31. The van der Waals surface area contributed by atoms with Crippen LogP contribution in [-0.4, -0.2) is 27.8 Å². The molecule has 3 heterocycles. The van der Waals surface area contributed by atoms with Crippen LogP contribution in [0.25, 0.3) is 0 Å². The lowest BCUT2D eigenvalue weighted by molar-refractivity contribution is -0.125. The molecular weight excluding hydrogens is 240 g/mol. The molecule has 0 aromatic carbocycles. The predicted octanol–water partition coefficient (Wildman–Crippen LogP) is 0.739. The fraction of sp³-hybridized carbons (Fsp3) is 0.714. The third-order valence-electron chi connectivity index (χ3n) is 4.42. The second-order valence-corrected chi connectivity index (χ2v) is 5.74. The molecule has 0 radical (unpaired) electrons. The highest BCUT2D eigenvalue weighted by molar-refractivity contribution is 5.80. The number of rotatable bonds is 4. The Morgan fingerprint density at radius 1 is 1.58 bits per heavy atom. The summed E-state index contributed by atoms with van der Waals surface area (Å²) in [5.74, 6) is 0.367. The van der Waals surface area contributed by atoms with E-state index < -0.39 is 0 Å². The minimum absolute atomic E-state index is 0.167. The molecule has 5 nitrogen and oxygen atoms in total. The lowest BCUT2D eigenvalue weighted by atomic mass is 9.88. The first-order valence-electron chi connectivity index (χ1n) is 7.22. The van der Waals surface area contributed by atoms with Gasteiger partial charge in [-0.25, -0.2) is 0 Å². The van der Waals surface area contributed by atoms with Crippen molar-refractivity contribution < 1.29 is 4.79 Å². The van der Waals surface area contributed by atoms with E-state index in [0.29, 0.717) is 18.6 Å². The zero-order valence-corrected chi connectivity index (χ0v) is 11.6. The summed E-state index contributed by atoms with van der Waals surface area (Å²) in [6, 6.07) is 0.981. The average Bonchev–Trinajstić information content (AvgIpc) is 3.10. The van der Waals surface area contributed by atoms with E-state index in [0.717, 1.165) is 30.5 Å². The van der Waals surface area contributed by atoms with E-state index >= 15 is 0 Å². The van der Waals surface area contributed by atoms with E-state index in [9.17, 15) is 4.79 Å². The molecule has 3 unspecified atom stereocenters. The number of carbonyl (C=O) groups excluding carboxylic acids is 1. The van der Waals surface area contributed by atoms with Gasteiger partial charge >= 0.3 is 0 Å². The molecule has 19 heavy (non-hydrogen) atoms. The highest BCUT2D eigenvalue weighted by Gasteiger charge is 2.42. The summed E-state index contributed by atoms with van der Waals surface area (Å²) in [6.45, 7) is 2.69. The average molecular weight is 262 g/mol. The fourth-order valence-corrected chi connectivity index (χ4v) is 3.46. The molecule has 1 aromatic rings. The number of nitrogens with zero attached hydrogens (tertiary/aromatic N) is 2. The lowest BCUT2D eigenvalue weighted by Crippen LogP contribution is -2.37. The molecule has 5 heteroatoms. The van der Waals surface area contributed by atoms with Gasteiger partial charge in [0.1, 0.15) is 0 Å². The minimum Gasteiger partial charge on any atom is -0.352 e. The zero-order valence-electron chi connectivity index (χ0n) is 11.6. The summed E-state index contributed by atoms with van der Waals surface area (Å²) < 4.78 is 1.82. The summed E-state index contributed by atoms with van der Waals surface area (Å²) in [4.78, 5) is 12.2. The first-order chi connectivity index (χ1) is 9.17. The van der Waals surface area contributed by atoms with Crippen LogP contribution in [0.1, 0.15) is 37.4 Å². The quantitative estimate of drug-likeness (QED) is 0.841. The molecule has 0 saturated carbocycles. The van der Waals surface area contributed by atoms with Crippen molar-refractivity contribution in [1.82, 2.24) is 20.4 Å². The Hall–Kier alpha value is -1.36. The molecule has 3 rings (SSSR count). The number of aromatic nitrogens is 2. The molecule has 2 bridgehead atoms. The van der Waals surface area contributed by atoms with Gasteiger partial charge in [-0.15, -0.1) is 0 Å². The predicted molar refractivity (Wildman–Crippen MR) is 72.5 cm³/mol. The molecule has 0 spiro atoms. The van der Waals surface area contributed by atoms with E-state index in [1.165, 1.54) is 6.42 Å². The number of fused-ring (bicyclic) bond motifs is 2. The van der Waals surface area contributed by atoms with Crippen LogP contribution >= 0.6 is 0 Å². The summed E-state index contributed by atoms with van der Waals surface area (Å²) in [6.07, 6.45) is 6.29. The van der Waals surface area contributed by atoms with Crippen LogP contribution in [0.5, 0.6) is 0 Å². The maximum Gasteiger partial charge on any atom is 0.225 e. The monoisotopic (exact) mass is 262 g/mol. The summed E-state index contributed by atoms with van der Waals surface area (Å²) >= 11 is 0. The van der Waals surface area contributed by atoms with Gasteiger partial charge in [0.15, 0.2) is 0 Å². The summed E-state index contributed by atoms with van der Waals surface area (Å²) in [7, 11) is 1.92. The van der Waals surface area contributed by atoms with Crippen LogP contribution in [0, 0.1) is 5.92 Å². The van der Waals surface area contributed by atoms with Crippen molar-refractivity contribution in [2.75, 3.05) is 0 Å². The number of hydrogen-bond acceptors (Lipinski definition) is 3. The smallest absolute Gasteiger partial charge is 0.225 e. The van der Waals surface area contributed by atoms with E-state index in [-0.39, 0.29) is 11.8 Å². The van der Waals surface area contributed by atoms with Crippen LogP contribution < -0.4 is 10.6 Å². The van der Waals surface area contributed by atoms with Gasteiger partial charge in [-0.2, -0.15) is 5.10 Å². The van der Waals surface area contributed by atoms with Crippen molar-refractivity contribution in [2.24, 2.45) is 13.0 Å². The molecular formula is C14H22N4O. The van der Waals surface area contributed by atoms with Crippen LogP contribution in [0.2, 0.25) is 0 Å². The SMILES string of the molecule is CCc1nn(C)cc1CNC(=O)C1CC2CCC1N2. The van der Waals surface area contributed by atoms with Gasteiger partial charge in [-0.3, -0.25) is 9.48 Å². The van der Waals surface area contributed by atoms with Gasteiger partial charge in [0.2, 0.25) is 5.91 Å². The molecule has 1 aromatic heterocycles. The fourth-order valence-electron chi connectivity index (χ4n) is 3.46. The molecule has 0 aliphatic carbocycles. The van der Waals surface area contributed by atoms with Gasteiger partial charge < -0.3 is 10.6 Å². The molecule has 1 amide bonds. The maximum absolute atomic E-state index is 12.2. The van der Waals surface area contributed by atoms with Gasteiger partial charge in [0, 0.05) is 37.4 Å². The molecule has 2 N–H and O–H groups in total. The van der Waals surface area contributed by atoms with E-state index in [4.69, 9.17) is 0 Å². The zero-order chi connectivity index (χ0) is 13.4. The Balaban J connectivity index is 1.58. The molecule has 104 valence electrons. The first-order valence-corrected chi connectivity index (χ1v) is 7.22. The van der Waals surface area contributed by atoms with E-state index in [1.807, 2.05) is 17.9 Å². The van der Waals surface area contributed by atoms with E-state index in [1.54, 1.807) is 0 Å². The highest BCUT2D eigenvalue weighted by Crippen LogP contribution is 2.33. The van der Waals surface area contributed by atoms with Gasteiger partial charge in [0.05, 0.1) is 11.6 Å². The molecule has 2 aliphatic heterocycles. The Morgan fingerprint density at radius 3 is 3.05 bits per heavy atom. The number of hydrogen-bond donors (Lipinski definition) is 2. The van der Waals surface area contributed by atoms with Crippen molar-refractivity contribution in [3.63, 3.8) is 0 Å². The highest BCUT2D eigenvalue weighted by atomic mass is 16.1. The second-order valence-electron chi connectivity index (χ2n) is 5.74. The molecule has 2 aliphatic rings. The third kappa shape index (κ3) is 2.39. The number of nitrogens with one attached hydrogen (secondary N) is 2. The van der Waals surface area contributed by atoms with Crippen LogP contribution in [0.15, 0.2) is 6.20 Å². The van der Waals surface area contributed by atoms with Crippen molar-refractivity contribution in [3.05, 3.63) is 17.5 Å². The standard InChI is InChI=1S/C14H22N4O/c1-3-12-9(8-18(2)17-12)7-15-14(19)11-6-10-4-5-13(11)16-10/h8,10-11,13,16H,3-7H2,1-2H3,(H,15,19). The van der Waals surface area contributed by atoms with Crippen LogP contribution in [-0.2, 0) is 24.8 Å². The normalized spacial score (nSPS) is 28.8. The molecule has 2 fully saturated rings. The van der Waals surface area contributed by atoms with E-state index in [2.05, 4.69) is 22.7 Å². The number of carbonyl (C=O) groups is 1. The topological polar surface area (TPSA) is 59.0 Å². The Labute approximate surface area is 113 Å². The Bertz CT molecular complexity index is 482. The van der Waals surface area contributed by atoms with Gasteiger partial charge in [-0.1, -0.05) is 6.92 Å². The lowest BCUT2D eigenvalue weighted by Gasteiger charge is -2.19. The first kappa shape index (κ1) is 12.7. The summed E-state index contributed by atoms with van der Waals surface area (Å²) in [5.41, 5.74) is 2.21. The van der Waals surface area contributed by atoms with Gasteiger partial charge in [0.25, 0.3) is 0 Å². The number of aryl methyl sites for hydroxylation is 2. The summed E-state index contributed by atoms with van der Waals surface area (Å²) in [5, 5.41) is 11.0. The number of amides is 1. The second kappa shape index (κ2) is 4.96. The minimum atomic E-state index is 0.167. The third-order valence-corrected chi connectivity index (χ3v) is 4.42. The Morgan fingerprint density at radius 2 is 2.42 bits per heavy atom. The molecule has 2 saturated heterocycles. The maximum atomic E-state index is 12.2. The largest absolute Gasteiger partial charge is 0.352 e. The van der Waals surface area contributed by atoms with Crippen molar-refractivity contribution >= 4 is 5.91 Å². The van der Waals surface area contributed by atoms with Crippen LogP contribution in [0.3, 0.4) is 0 Å². The van der Waals surface area contributed by atoms with Crippen molar-refractivity contribution in [2.45, 2.75) is 51.2 Å². The van der Waals surface area contributed by atoms with Gasteiger partial charge in [-0.05, 0) is 25.7 Å².